The van der Waals surface area contributed by atoms with Crippen molar-refractivity contribution >= 4 is 23.1 Å². The van der Waals surface area contributed by atoms with Gasteiger partial charge < -0.3 is 5.32 Å². The van der Waals surface area contributed by atoms with E-state index in [1.165, 1.54) is 28.2 Å². The molecule has 0 saturated carbocycles. The molecule has 0 unspecified atom stereocenters. The number of carbonyl (C=O) groups is 1. The minimum Gasteiger partial charge on any atom is -0.306 e. The molecule has 0 aliphatic rings. The van der Waals surface area contributed by atoms with Crippen molar-refractivity contribution in [3.05, 3.63) is 82.4 Å². The number of anilines is 1. The largest absolute Gasteiger partial charge is 0.417 e. The van der Waals surface area contributed by atoms with Gasteiger partial charge in [0.05, 0.1) is 22.5 Å². The molecule has 31 heavy (non-hydrogen) atoms. The smallest absolute Gasteiger partial charge is 0.306 e. The molecule has 0 atom stereocenters. The molecule has 0 radical (unpaired) electrons. The lowest BCUT2D eigenvalue weighted by molar-refractivity contribution is -0.137. The topological polar surface area (TPSA) is 59.8 Å². The number of nitrogens with zero attached hydrogens (tertiary/aromatic N) is 3. The maximum absolute atomic E-state index is 13.3. The fourth-order valence-corrected chi connectivity index (χ4v) is 3.86. The van der Waals surface area contributed by atoms with Gasteiger partial charge >= 0.3 is 6.18 Å². The highest BCUT2D eigenvalue weighted by Gasteiger charge is 2.35. The molecule has 2 aromatic carbocycles. The second-order valence-electron chi connectivity index (χ2n) is 6.96. The maximum atomic E-state index is 13.3. The monoisotopic (exact) mass is 442 g/mol. The second kappa shape index (κ2) is 7.99. The Bertz CT molecular complexity index is 1240. The lowest BCUT2D eigenvalue weighted by Gasteiger charge is -2.12. The summed E-state index contributed by atoms with van der Waals surface area (Å²) in [7, 11) is 0. The Balaban J connectivity index is 1.65. The Morgan fingerprint density at radius 2 is 1.77 bits per heavy atom. The van der Waals surface area contributed by atoms with Gasteiger partial charge in [0.2, 0.25) is 5.13 Å². The van der Waals surface area contributed by atoms with Crippen LogP contribution in [0.2, 0.25) is 0 Å². The molecule has 9 heteroatoms. The first-order chi connectivity index (χ1) is 14.7. The van der Waals surface area contributed by atoms with Crippen LogP contribution >= 0.6 is 11.3 Å². The molecular weight excluding hydrogens is 425 g/mol. The number of hydrogen-bond acceptors (Lipinski definition) is 4. The van der Waals surface area contributed by atoms with E-state index in [0.29, 0.717) is 10.8 Å². The van der Waals surface area contributed by atoms with Crippen LogP contribution in [0.25, 0.3) is 16.4 Å². The Morgan fingerprint density at radius 1 is 1.06 bits per heavy atom. The summed E-state index contributed by atoms with van der Waals surface area (Å²) in [6, 6.07) is 14.1. The van der Waals surface area contributed by atoms with Crippen molar-refractivity contribution in [3.63, 3.8) is 0 Å². The Labute approximate surface area is 180 Å². The van der Waals surface area contributed by atoms with Crippen LogP contribution in [0.15, 0.2) is 60.0 Å². The van der Waals surface area contributed by atoms with Crippen molar-refractivity contribution in [2.75, 3.05) is 5.32 Å². The summed E-state index contributed by atoms with van der Waals surface area (Å²) in [6.07, 6.45) is -4.64. The van der Waals surface area contributed by atoms with Gasteiger partial charge in [0.15, 0.2) is 0 Å². The van der Waals surface area contributed by atoms with E-state index in [2.05, 4.69) is 15.4 Å². The zero-order valence-electron chi connectivity index (χ0n) is 16.6. The fraction of sp³-hybridized carbons (Fsp3) is 0.136. The van der Waals surface area contributed by atoms with Crippen LogP contribution in [0.5, 0.6) is 0 Å². The number of rotatable bonds is 4. The third kappa shape index (κ3) is 4.36. The molecule has 0 spiro atoms. The van der Waals surface area contributed by atoms with Crippen molar-refractivity contribution in [2.24, 2.45) is 0 Å². The Hall–Kier alpha value is -3.46. The number of halogens is 3. The van der Waals surface area contributed by atoms with E-state index in [-0.39, 0.29) is 5.82 Å². The highest BCUT2D eigenvalue weighted by atomic mass is 32.1. The number of benzene rings is 2. The van der Waals surface area contributed by atoms with Crippen LogP contribution in [-0.2, 0) is 6.18 Å². The van der Waals surface area contributed by atoms with Crippen molar-refractivity contribution < 1.29 is 18.0 Å². The molecule has 0 fully saturated rings. The van der Waals surface area contributed by atoms with Gasteiger partial charge in [0.1, 0.15) is 5.82 Å². The summed E-state index contributed by atoms with van der Waals surface area (Å²) in [4.78, 5) is 17.2. The molecule has 0 aliphatic carbocycles. The highest BCUT2D eigenvalue weighted by molar-refractivity contribution is 7.12. The summed E-state index contributed by atoms with van der Waals surface area (Å²) >= 11 is 1.32. The predicted octanol–water partition coefficient (Wildman–Crippen LogP) is 5.88. The molecular formula is C22H17F3N4OS. The molecule has 0 saturated heterocycles. The van der Waals surface area contributed by atoms with Gasteiger partial charge in [0, 0.05) is 17.0 Å². The van der Waals surface area contributed by atoms with Crippen LogP contribution in [-0.4, -0.2) is 20.7 Å². The number of aromatic nitrogens is 3. The second-order valence-corrected chi connectivity index (χ2v) is 7.80. The molecule has 158 valence electrons. The van der Waals surface area contributed by atoms with Crippen molar-refractivity contribution in [1.82, 2.24) is 14.8 Å². The Kier molecular flexibility index (Phi) is 5.36. The van der Waals surface area contributed by atoms with Gasteiger partial charge in [0.25, 0.3) is 5.91 Å². The quantitative estimate of drug-likeness (QED) is 0.429. The van der Waals surface area contributed by atoms with E-state index in [1.807, 2.05) is 36.6 Å². The average molecular weight is 442 g/mol. The van der Waals surface area contributed by atoms with E-state index in [4.69, 9.17) is 0 Å². The molecule has 4 rings (SSSR count). The molecule has 4 aromatic rings. The summed E-state index contributed by atoms with van der Waals surface area (Å²) in [5.74, 6) is -0.631. The lowest BCUT2D eigenvalue weighted by atomic mass is 10.1. The van der Waals surface area contributed by atoms with Crippen molar-refractivity contribution in [3.8, 4) is 16.4 Å². The number of alkyl halides is 3. The van der Waals surface area contributed by atoms with E-state index in [0.717, 1.165) is 29.0 Å². The number of amides is 1. The number of carbonyl (C=O) groups excluding carboxylic acids is 1. The van der Waals surface area contributed by atoms with Crippen LogP contribution < -0.4 is 5.32 Å². The summed E-state index contributed by atoms with van der Waals surface area (Å²) in [6.45, 7) is 3.72. The highest BCUT2D eigenvalue weighted by Crippen LogP contribution is 2.32. The minimum atomic E-state index is -4.64. The molecule has 5 nitrogen and oxygen atoms in total. The first-order valence-corrected chi connectivity index (χ1v) is 10.2. The zero-order valence-corrected chi connectivity index (χ0v) is 17.4. The molecule has 0 aliphatic heterocycles. The van der Waals surface area contributed by atoms with Crippen molar-refractivity contribution in [1.29, 1.82) is 0 Å². The molecule has 0 bridgehead atoms. The van der Waals surface area contributed by atoms with Crippen LogP contribution in [0.4, 0.5) is 19.0 Å². The van der Waals surface area contributed by atoms with Gasteiger partial charge in [-0.25, -0.2) is 4.98 Å². The van der Waals surface area contributed by atoms with Crippen LogP contribution in [0.1, 0.15) is 27.2 Å². The van der Waals surface area contributed by atoms with E-state index >= 15 is 0 Å². The van der Waals surface area contributed by atoms with E-state index in [1.54, 1.807) is 13.0 Å². The number of aryl methyl sites for hydroxylation is 2. The van der Waals surface area contributed by atoms with Gasteiger partial charge in [-0.2, -0.15) is 23.0 Å². The van der Waals surface area contributed by atoms with Gasteiger partial charge in [-0.1, -0.05) is 42.0 Å². The van der Waals surface area contributed by atoms with Crippen molar-refractivity contribution in [2.45, 2.75) is 20.0 Å². The third-order valence-electron chi connectivity index (χ3n) is 4.57. The molecule has 1 N–H and O–H groups in total. The molecule has 2 heterocycles. The Morgan fingerprint density at radius 3 is 2.48 bits per heavy atom. The lowest BCUT2D eigenvalue weighted by Crippen LogP contribution is -2.20. The SMILES string of the molecule is Cc1ccc(-c2csc(-n3nc(C)cc3NC(=O)c3ccccc3C(F)(F)F)n2)cc1. The van der Waals surface area contributed by atoms with Crippen LogP contribution in [0.3, 0.4) is 0 Å². The van der Waals surface area contributed by atoms with Crippen LogP contribution in [0, 0.1) is 13.8 Å². The standard InChI is InChI=1S/C22H17F3N4OS/c1-13-7-9-15(10-8-13)18-12-31-21(26-18)29-19(11-14(2)28-29)27-20(30)16-5-3-4-6-17(16)22(23,24)25/h3-12H,1-2H3,(H,27,30). The van der Waals surface area contributed by atoms with Gasteiger partial charge in [-0.15, -0.1) is 11.3 Å². The molecule has 1 amide bonds. The van der Waals surface area contributed by atoms with E-state index in [9.17, 15) is 18.0 Å². The van der Waals surface area contributed by atoms with E-state index < -0.39 is 23.2 Å². The van der Waals surface area contributed by atoms with Gasteiger partial charge in [-0.3, -0.25) is 4.79 Å². The zero-order chi connectivity index (χ0) is 22.2. The maximum Gasteiger partial charge on any atom is 0.417 e. The van der Waals surface area contributed by atoms with Gasteiger partial charge in [-0.05, 0) is 26.0 Å². The number of hydrogen-bond donors (Lipinski definition) is 1. The first kappa shape index (κ1) is 20.8. The first-order valence-electron chi connectivity index (χ1n) is 9.29. The summed E-state index contributed by atoms with van der Waals surface area (Å²) in [5, 5.41) is 9.24. The summed E-state index contributed by atoms with van der Waals surface area (Å²) in [5.41, 5.74) is 1.94. The number of nitrogens with one attached hydrogen (secondary N) is 1. The normalized spacial score (nSPS) is 11.5. The molecule has 2 aromatic heterocycles. The third-order valence-corrected chi connectivity index (χ3v) is 5.39. The summed E-state index contributed by atoms with van der Waals surface area (Å²) < 4.78 is 41.3. The fourth-order valence-electron chi connectivity index (χ4n) is 3.06. The average Bonchev–Trinajstić information content (AvgIpc) is 3.34. The minimum absolute atomic E-state index is 0.240. The predicted molar refractivity (Wildman–Crippen MR) is 114 cm³/mol. The number of thiazole rings is 1.